The van der Waals surface area contributed by atoms with E-state index >= 15 is 0 Å². The predicted octanol–water partition coefficient (Wildman–Crippen LogP) is 1.11. The molecule has 4 heteroatoms. The third-order valence-electron chi connectivity index (χ3n) is 2.15. The average molecular weight is 179 g/mol. The molecular formula is C9H13N3O. The lowest BCUT2D eigenvalue weighted by Crippen LogP contribution is -2.17. The molecule has 0 bridgehead atoms. The Bertz CT molecular complexity index is 308. The molecule has 1 saturated heterocycles. The second-order valence-electron chi connectivity index (χ2n) is 3.19. The Labute approximate surface area is 77.3 Å². The monoisotopic (exact) mass is 179 g/mol. The van der Waals surface area contributed by atoms with Crippen LogP contribution in [-0.2, 0) is 4.84 Å². The van der Waals surface area contributed by atoms with Crippen molar-refractivity contribution < 1.29 is 4.84 Å². The zero-order chi connectivity index (χ0) is 9.26. The molecule has 0 atom stereocenters. The van der Waals surface area contributed by atoms with Crippen molar-refractivity contribution in [2.24, 2.45) is 0 Å². The summed E-state index contributed by atoms with van der Waals surface area (Å²) in [5.41, 5.74) is 7.43. The van der Waals surface area contributed by atoms with Crippen molar-refractivity contribution in [1.29, 1.82) is 0 Å². The first-order valence-electron chi connectivity index (χ1n) is 4.40. The molecule has 0 spiro atoms. The van der Waals surface area contributed by atoms with Crippen LogP contribution >= 0.6 is 0 Å². The van der Waals surface area contributed by atoms with Gasteiger partial charge in [-0.3, -0.25) is 4.84 Å². The number of hydrogen-bond donors (Lipinski definition) is 1. The van der Waals surface area contributed by atoms with Gasteiger partial charge in [-0.25, -0.2) is 10.0 Å². The number of anilines is 2. The fourth-order valence-corrected chi connectivity index (χ4v) is 1.32. The number of hydroxylamine groups is 1. The van der Waals surface area contributed by atoms with Crippen LogP contribution in [0.3, 0.4) is 0 Å². The van der Waals surface area contributed by atoms with E-state index in [-0.39, 0.29) is 0 Å². The molecular weight excluding hydrogens is 166 g/mol. The van der Waals surface area contributed by atoms with Gasteiger partial charge in [0.15, 0.2) is 5.82 Å². The van der Waals surface area contributed by atoms with Gasteiger partial charge in [0.25, 0.3) is 0 Å². The standard InChI is InChI=1S/C9H13N3O/c1-7-5-9(11-6-8(7)10)12-3-2-4-13-12/h5-6H,2-4,10H2,1H3. The highest BCUT2D eigenvalue weighted by Crippen LogP contribution is 2.19. The van der Waals surface area contributed by atoms with Gasteiger partial charge in [-0.2, -0.15) is 0 Å². The summed E-state index contributed by atoms with van der Waals surface area (Å²) in [5.74, 6) is 0.851. The summed E-state index contributed by atoms with van der Waals surface area (Å²) >= 11 is 0. The van der Waals surface area contributed by atoms with E-state index < -0.39 is 0 Å². The van der Waals surface area contributed by atoms with Crippen molar-refractivity contribution in [2.45, 2.75) is 13.3 Å². The Balaban J connectivity index is 2.25. The van der Waals surface area contributed by atoms with E-state index in [1.54, 1.807) is 6.20 Å². The summed E-state index contributed by atoms with van der Waals surface area (Å²) in [6.45, 7) is 3.66. The Morgan fingerprint density at radius 3 is 3.08 bits per heavy atom. The number of aromatic nitrogens is 1. The van der Waals surface area contributed by atoms with Crippen LogP contribution in [0.2, 0.25) is 0 Å². The van der Waals surface area contributed by atoms with Crippen LogP contribution < -0.4 is 10.8 Å². The molecule has 1 aliphatic heterocycles. The van der Waals surface area contributed by atoms with Gasteiger partial charge in [0, 0.05) is 6.54 Å². The highest BCUT2D eigenvalue weighted by atomic mass is 16.7. The molecule has 2 N–H and O–H groups in total. The second-order valence-corrected chi connectivity index (χ2v) is 3.19. The number of aryl methyl sites for hydroxylation is 1. The molecule has 0 aliphatic carbocycles. The highest BCUT2D eigenvalue weighted by molar-refractivity contribution is 5.51. The van der Waals surface area contributed by atoms with Crippen LogP contribution in [0.4, 0.5) is 11.5 Å². The second kappa shape index (κ2) is 3.22. The van der Waals surface area contributed by atoms with Crippen molar-refractivity contribution in [2.75, 3.05) is 23.9 Å². The lowest BCUT2D eigenvalue weighted by Gasteiger charge is -2.15. The SMILES string of the molecule is Cc1cc(N2CCCO2)ncc1N. The quantitative estimate of drug-likeness (QED) is 0.701. The Kier molecular flexibility index (Phi) is 2.06. The smallest absolute Gasteiger partial charge is 0.152 e. The first kappa shape index (κ1) is 8.31. The van der Waals surface area contributed by atoms with Crippen molar-refractivity contribution in [3.63, 3.8) is 0 Å². The molecule has 1 fully saturated rings. The van der Waals surface area contributed by atoms with Gasteiger partial charge in [-0.15, -0.1) is 0 Å². The van der Waals surface area contributed by atoms with Gasteiger partial charge < -0.3 is 5.73 Å². The Hall–Kier alpha value is -1.29. The molecule has 0 radical (unpaired) electrons. The van der Waals surface area contributed by atoms with Crippen molar-refractivity contribution >= 4 is 11.5 Å². The van der Waals surface area contributed by atoms with Crippen molar-refractivity contribution in [3.8, 4) is 0 Å². The third-order valence-corrected chi connectivity index (χ3v) is 2.15. The molecule has 1 aromatic heterocycles. The number of nitrogens with zero attached hydrogens (tertiary/aromatic N) is 2. The van der Waals surface area contributed by atoms with Crippen LogP contribution in [0.15, 0.2) is 12.3 Å². The molecule has 13 heavy (non-hydrogen) atoms. The summed E-state index contributed by atoms with van der Waals surface area (Å²) in [6.07, 6.45) is 2.73. The van der Waals surface area contributed by atoms with Gasteiger partial charge in [0.1, 0.15) is 0 Å². The van der Waals surface area contributed by atoms with Gasteiger partial charge in [-0.05, 0) is 25.0 Å². The van der Waals surface area contributed by atoms with Crippen LogP contribution in [0.5, 0.6) is 0 Å². The molecule has 0 amide bonds. The van der Waals surface area contributed by atoms with Crippen LogP contribution in [0.25, 0.3) is 0 Å². The summed E-state index contributed by atoms with van der Waals surface area (Å²) in [7, 11) is 0. The largest absolute Gasteiger partial charge is 0.397 e. The number of pyridine rings is 1. The van der Waals surface area contributed by atoms with Crippen molar-refractivity contribution in [3.05, 3.63) is 17.8 Å². The molecule has 0 aromatic carbocycles. The van der Waals surface area contributed by atoms with Crippen LogP contribution in [-0.4, -0.2) is 18.1 Å². The summed E-state index contributed by atoms with van der Waals surface area (Å²) in [6, 6.07) is 1.95. The van der Waals surface area contributed by atoms with E-state index in [1.165, 1.54) is 0 Å². The maximum absolute atomic E-state index is 5.67. The van der Waals surface area contributed by atoms with E-state index in [4.69, 9.17) is 10.6 Å². The van der Waals surface area contributed by atoms with Gasteiger partial charge in [0.2, 0.25) is 0 Å². The molecule has 1 aromatic rings. The fourth-order valence-electron chi connectivity index (χ4n) is 1.32. The normalized spacial score (nSPS) is 16.5. The summed E-state index contributed by atoms with van der Waals surface area (Å²) in [4.78, 5) is 9.56. The average Bonchev–Trinajstić information content (AvgIpc) is 2.62. The van der Waals surface area contributed by atoms with E-state index in [1.807, 2.05) is 18.1 Å². The number of nitrogens with two attached hydrogens (primary N) is 1. The maximum atomic E-state index is 5.67. The summed E-state index contributed by atoms with van der Waals surface area (Å²) < 4.78 is 0. The summed E-state index contributed by atoms with van der Waals surface area (Å²) in [5, 5.41) is 1.81. The zero-order valence-electron chi connectivity index (χ0n) is 7.66. The Morgan fingerprint density at radius 2 is 2.46 bits per heavy atom. The molecule has 4 nitrogen and oxygen atoms in total. The number of rotatable bonds is 1. The molecule has 0 saturated carbocycles. The minimum absolute atomic E-state index is 0.725. The predicted molar refractivity (Wildman–Crippen MR) is 51.3 cm³/mol. The number of hydrogen-bond acceptors (Lipinski definition) is 4. The minimum Gasteiger partial charge on any atom is -0.397 e. The molecule has 1 aliphatic rings. The zero-order valence-corrected chi connectivity index (χ0v) is 7.66. The topological polar surface area (TPSA) is 51.4 Å². The van der Waals surface area contributed by atoms with Crippen LogP contribution in [0, 0.1) is 6.92 Å². The van der Waals surface area contributed by atoms with E-state index in [0.717, 1.165) is 36.6 Å². The highest BCUT2D eigenvalue weighted by Gasteiger charge is 2.14. The third kappa shape index (κ3) is 1.58. The lowest BCUT2D eigenvalue weighted by atomic mass is 10.2. The van der Waals surface area contributed by atoms with Gasteiger partial charge in [-0.1, -0.05) is 0 Å². The van der Waals surface area contributed by atoms with E-state index in [0.29, 0.717) is 0 Å². The molecule has 2 heterocycles. The van der Waals surface area contributed by atoms with Gasteiger partial charge >= 0.3 is 0 Å². The van der Waals surface area contributed by atoms with E-state index in [2.05, 4.69) is 4.98 Å². The van der Waals surface area contributed by atoms with Gasteiger partial charge in [0.05, 0.1) is 18.5 Å². The fraction of sp³-hybridized carbons (Fsp3) is 0.444. The maximum Gasteiger partial charge on any atom is 0.152 e. The van der Waals surface area contributed by atoms with E-state index in [9.17, 15) is 0 Å². The number of nitrogen functional groups attached to an aromatic ring is 1. The molecule has 2 rings (SSSR count). The molecule has 70 valence electrons. The minimum atomic E-state index is 0.725. The molecule has 0 unspecified atom stereocenters. The van der Waals surface area contributed by atoms with Crippen molar-refractivity contribution in [1.82, 2.24) is 4.98 Å². The lowest BCUT2D eigenvalue weighted by molar-refractivity contribution is 0.166. The van der Waals surface area contributed by atoms with Crippen LogP contribution in [0.1, 0.15) is 12.0 Å². The first-order valence-corrected chi connectivity index (χ1v) is 4.40. The first-order chi connectivity index (χ1) is 6.27. The Morgan fingerprint density at radius 1 is 1.62 bits per heavy atom.